The molecule has 0 unspecified atom stereocenters. The van der Waals surface area contributed by atoms with E-state index in [1.165, 1.54) is 10.9 Å². The summed E-state index contributed by atoms with van der Waals surface area (Å²) < 4.78 is 5.37. The molecule has 22 heavy (non-hydrogen) atoms. The van der Waals surface area contributed by atoms with E-state index in [1.807, 2.05) is 30.5 Å². The van der Waals surface area contributed by atoms with Crippen molar-refractivity contribution < 1.29 is 9.21 Å². The largest absolute Gasteiger partial charge is 0.469 e. The van der Waals surface area contributed by atoms with Gasteiger partial charge >= 0.3 is 0 Å². The number of fused-ring (bicyclic) bond motifs is 1. The van der Waals surface area contributed by atoms with Gasteiger partial charge in [0.2, 0.25) is 5.91 Å². The maximum Gasteiger partial charge on any atom is 0.223 e. The summed E-state index contributed by atoms with van der Waals surface area (Å²) in [6, 6.07) is 12.1. The first-order valence-electron chi connectivity index (χ1n) is 7.69. The number of hydrogen-bond acceptors (Lipinski definition) is 2. The third-order valence-electron chi connectivity index (χ3n) is 4.40. The lowest BCUT2D eigenvalue weighted by Gasteiger charge is -2.04. The number of aromatic amines is 1. The highest BCUT2D eigenvalue weighted by Crippen LogP contribution is 2.47. The summed E-state index contributed by atoms with van der Waals surface area (Å²) in [5.74, 6) is 1.41. The molecule has 1 aliphatic carbocycles. The molecule has 0 spiro atoms. The fraction of sp³-hybridized carbons (Fsp3) is 0.278. The zero-order chi connectivity index (χ0) is 14.9. The Hall–Kier alpha value is -2.49. The summed E-state index contributed by atoms with van der Waals surface area (Å²) in [5.41, 5.74) is 2.39. The molecular weight excluding hydrogens is 276 g/mol. The van der Waals surface area contributed by atoms with Gasteiger partial charge < -0.3 is 14.7 Å². The molecule has 1 saturated carbocycles. The number of benzene rings is 1. The number of aromatic nitrogens is 1. The molecule has 2 N–H and O–H groups in total. The Morgan fingerprint density at radius 3 is 3.05 bits per heavy atom. The Labute approximate surface area is 128 Å². The van der Waals surface area contributed by atoms with Crippen LogP contribution in [-0.2, 0) is 11.2 Å². The van der Waals surface area contributed by atoms with Gasteiger partial charge in [0.15, 0.2) is 0 Å². The topological polar surface area (TPSA) is 58.0 Å². The van der Waals surface area contributed by atoms with Crippen molar-refractivity contribution in [3.63, 3.8) is 0 Å². The molecule has 0 saturated heterocycles. The van der Waals surface area contributed by atoms with Crippen molar-refractivity contribution in [3.05, 3.63) is 60.2 Å². The minimum Gasteiger partial charge on any atom is -0.469 e. The van der Waals surface area contributed by atoms with E-state index < -0.39 is 0 Å². The van der Waals surface area contributed by atoms with Crippen molar-refractivity contribution in [1.29, 1.82) is 0 Å². The highest BCUT2D eigenvalue weighted by Gasteiger charge is 2.45. The van der Waals surface area contributed by atoms with E-state index >= 15 is 0 Å². The quantitative estimate of drug-likeness (QED) is 0.759. The molecule has 0 bridgehead atoms. The number of furan rings is 1. The molecule has 2 aromatic heterocycles. The molecular formula is C18H18N2O2. The first-order valence-corrected chi connectivity index (χ1v) is 7.69. The predicted octanol–water partition coefficient (Wildman–Crippen LogP) is 3.22. The van der Waals surface area contributed by atoms with Gasteiger partial charge in [0, 0.05) is 35.5 Å². The Balaban J connectivity index is 1.31. The van der Waals surface area contributed by atoms with E-state index in [2.05, 4.69) is 22.4 Å². The lowest BCUT2D eigenvalue weighted by atomic mass is 10.1. The number of carbonyl (C=O) groups is 1. The Kier molecular flexibility index (Phi) is 3.22. The fourth-order valence-electron chi connectivity index (χ4n) is 3.09. The molecule has 0 aliphatic heterocycles. The lowest BCUT2D eigenvalue weighted by Crippen LogP contribution is -2.27. The highest BCUT2D eigenvalue weighted by atomic mass is 16.3. The molecule has 1 amide bonds. The van der Waals surface area contributed by atoms with E-state index in [9.17, 15) is 4.79 Å². The standard InChI is InChI=1S/C18H18N2O2/c21-18(15-10-14(15)17-6-3-9-22-17)19-8-7-12-11-20-16-5-2-1-4-13(12)16/h1-6,9,11,14-15,20H,7-8,10H2,(H,19,21)/t14-,15+/m0/s1. The fourth-order valence-corrected chi connectivity index (χ4v) is 3.09. The maximum atomic E-state index is 12.1. The van der Waals surface area contributed by atoms with Gasteiger partial charge in [-0.2, -0.15) is 0 Å². The minimum absolute atomic E-state index is 0.0779. The third kappa shape index (κ3) is 2.41. The summed E-state index contributed by atoms with van der Waals surface area (Å²) >= 11 is 0. The first kappa shape index (κ1) is 13.2. The summed E-state index contributed by atoms with van der Waals surface area (Å²) in [6.45, 7) is 0.669. The van der Waals surface area contributed by atoms with E-state index in [0.717, 1.165) is 24.1 Å². The van der Waals surface area contributed by atoms with E-state index in [0.29, 0.717) is 6.54 Å². The number of H-pyrrole nitrogens is 1. The predicted molar refractivity (Wildman–Crippen MR) is 84.6 cm³/mol. The Morgan fingerprint density at radius 2 is 2.18 bits per heavy atom. The summed E-state index contributed by atoms with van der Waals surface area (Å²) in [5, 5.41) is 4.28. The average molecular weight is 294 g/mol. The molecule has 1 fully saturated rings. The van der Waals surface area contributed by atoms with Crippen LogP contribution in [0.2, 0.25) is 0 Å². The third-order valence-corrected chi connectivity index (χ3v) is 4.40. The molecule has 1 aliphatic rings. The second-order valence-corrected chi connectivity index (χ2v) is 5.86. The van der Waals surface area contributed by atoms with Crippen LogP contribution in [0.5, 0.6) is 0 Å². The van der Waals surface area contributed by atoms with Crippen LogP contribution in [0.25, 0.3) is 10.9 Å². The number of nitrogens with one attached hydrogen (secondary N) is 2. The molecule has 4 nitrogen and oxygen atoms in total. The van der Waals surface area contributed by atoms with Crippen molar-refractivity contribution >= 4 is 16.8 Å². The SMILES string of the molecule is O=C(NCCc1c[nH]c2ccccc12)[C@@H]1C[C@@H]1c1ccco1. The highest BCUT2D eigenvalue weighted by molar-refractivity contribution is 5.84. The van der Waals surface area contributed by atoms with E-state index in [-0.39, 0.29) is 17.7 Å². The van der Waals surface area contributed by atoms with Gasteiger partial charge in [-0.1, -0.05) is 18.2 Å². The second kappa shape index (κ2) is 5.37. The van der Waals surface area contributed by atoms with E-state index in [4.69, 9.17) is 4.42 Å². The molecule has 1 aromatic carbocycles. The van der Waals surface area contributed by atoms with Crippen LogP contribution in [0.4, 0.5) is 0 Å². The van der Waals surface area contributed by atoms with Crippen molar-refractivity contribution in [1.82, 2.24) is 10.3 Å². The average Bonchev–Trinajstić information content (AvgIpc) is 2.98. The molecule has 4 heteroatoms. The molecule has 2 atom stereocenters. The molecule has 112 valence electrons. The minimum atomic E-state index is 0.0779. The molecule has 3 aromatic rings. The normalized spacial score (nSPS) is 20.2. The first-order chi connectivity index (χ1) is 10.8. The van der Waals surface area contributed by atoms with Gasteiger partial charge in [0.25, 0.3) is 0 Å². The maximum absolute atomic E-state index is 12.1. The zero-order valence-corrected chi connectivity index (χ0v) is 12.2. The summed E-state index contributed by atoms with van der Waals surface area (Å²) in [7, 11) is 0. The van der Waals surface area contributed by atoms with E-state index in [1.54, 1.807) is 6.26 Å². The second-order valence-electron chi connectivity index (χ2n) is 5.86. The smallest absolute Gasteiger partial charge is 0.223 e. The zero-order valence-electron chi connectivity index (χ0n) is 12.2. The lowest BCUT2D eigenvalue weighted by molar-refractivity contribution is -0.122. The number of hydrogen-bond donors (Lipinski definition) is 2. The molecule has 0 radical (unpaired) electrons. The number of amides is 1. The van der Waals surface area contributed by atoms with Gasteiger partial charge in [0.05, 0.1) is 6.26 Å². The van der Waals surface area contributed by atoms with Crippen LogP contribution in [-0.4, -0.2) is 17.4 Å². The summed E-state index contributed by atoms with van der Waals surface area (Å²) in [6.07, 6.45) is 5.43. The van der Waals surface area contributed by atoms with Gasteiger partial charge in [-0.25, -0.2) is 0 Å². The van der Waals surface area contributed by atoms with Gasteiger partial charge in [-0.3, -0.25) is 4.79 Å². The van der Waals surface area contributed by atoms with Crippen molar-refractivity contribution in [2.75, 3.05) is 6.54 Å². The van der Waals surface area contributed by atoms with Crippen LogP contribution < -0.4 is 5.32 Å². The molecule has 2 heterocycles. The number of para-hydroxylation sites is 1. The monoisotopic (exact) mass is 294 g/mol. The number of carbonyl (C=O) groups excluding carboxylic acids is 1. The van der Waals surface area contributed by atoms with Crippen LogP contribution in [0.15, 0.2) is 53.3 Å². The van der Waals surface area contributed by atoms with Crippen LogP contribution in [0.1, 0.15) is 23.7 Å². The van der Waals surface area contributed by atoms with Gasteiger partial charge in [0.1, 0.15) is 5.76 Å². The Morgan fingerprint density at radius 1 is 1.27 bits per heavy atom. The van der Waals surface area contributed by atoms with Crippen molar-refractivity contribution in [3.8, 4) is 0 Å². The van der Waals surface area contributed by atoms with Crippen molar-refractivity contribution in [2.24, 2.45) is 5.92 Å². The van der Waals surface area contributed by atoms with Crippen molar-refractivity contribution in [2.45, 2.75) is 18.8 Å². The van der Waals surface area contributed by atoms with Crippen LogP contribution >= 0.6 is 0 Å². The number of rotatable bonds is 5. The van der Waals surface area contributed by atoms with Gasteiger partial charge in [-0.15, -0.1) is 0 Å². The van der Waals surface area contributed by atoms with Crippen LogP contribution in [0.3, 0.4) is 0 Å². The Bertz CT molecular complexity index is 788. The summed E-state index contributed by atoms with van der Waals surface area (Å²) in [4.78, 5) is 15.4. The van der Waals surface area contributed by atoms with Crippen LogP contribution in [0, 0.1) is 5.92 Å². The van der Waals surface area contributed by atoms with Gasteiger partial charge in [-0.05, 0) is 36.6 Å². The molecule has 4 rings (SSSR count).